The molecule has 0 saturated carbocycles. The Morgan fingerprint density at radius 2 is 1.81 bits per heavy atom. The number of nitrogens with zero attached hydrogens (tertiary/aromatic N) is 4. The zero-order valence-corrected chi connectivity index (χ0v) is 15.1. The van der Waals surface area contributed by atoms with E-state index in [1.165, 1.54) is 11.2 Å². The van der Waals surface area contributed by atoms with E-state index in [0.29, 0.717) is 12.1 Å². The molecule has 0 saturated heterocycles. The van der Waals surface area contributed by atoms with Gasteiger partial charge in [-0.15, -0.1) is 0 Å². The molecule has 0 aliphatic carbocycles. The summed E-state index contributed by atoms with van der Waals surface area (Å²) in [7, 11) is 1.65. The minimum absolute atomic E-state index is 0.294. The summed E-state index contributed by atoms with van der Waals surface area (Å²) in [6.07, 6.45) is 2.20. The summed E-state index contributed by atoms with van der Waals surface area (Å²) in [5, 5.41) is 4.04. The third-order valence-corrected chi connectivity index (χ3v) is 4.11. The topological polar surface area (TPSA) is 77.3 Å². The first-order chi connectivity index (χ1) is 13.0. The highest BCUT2D eigenvalue weighted by molar-refractivity contribution is 5.98. The van der Waals surface area contributed by atoms with Crippen LogP contribution in [0.3, 0.4) is 0 Å². The average molecular weight is 364 g/mol. The molecule has 1 heterocycles. The number of carbonyl (C=O) groups excluding carboxylic acids is 2. The molecule has 0 aliphatic heterocycles. The molecule has 1 aromatic heterocycles. The molecule has 2 aromatic carbocycles. The van der Waals surface area contributed by atoms with Crippen molar-refractivity contribution >= 4 is 17.6 Å². The molecular weight excluding hydrogens is 344 g/mol. The van der Waals surface area contributed by atoms with Crippen molar-refractivity contribution < 1.29 is 14.3 Å². The predicted octanol–water partition coefficient (Wildman–Crippen LogP) is 2.53. The molecule has 0 bridgehead atoms. The van der Waals surface area contributed by atoms with Gasteiger partial charge >= 0.3 is 5.97 Å². The number of likely N-dealkylation sites (N-methyl/N-ethyl adjacent to an activating group) is 1. The summed E-state index contributed by atoms with van der Waals surface area (Å²) in [5.74, 6) is -0.832. The van der Waals surface area contributed by atoms with Crippen molar-refractivity contribution in [2.24, 2.45) is 0 Å². The number of carbonyl (C=O) groups is 2. The lowest BCUT2D eigenvalue weighted by molar-refractivity contribution is -0.126. The van der Waals surface area contributed by atoms with Crippen molar-refractivity contribution in [2.45, 2.75) is 19.6 Å². The van der Waals surface area contributed by atoms with E-state index in [2.05, 4.69) is 10.1 Å². The molecule has 0 N–H and O–H groups in total. The van der Waals surface area contributed by atoms with E-state index in [1.807, 2.05) is 42.5 Å². The van der Waals surface area contributed by atoms with Crippen LogP contribution in [0.5, 0.6) is 0 Å². The van der Waals surface area contributed by atoms with Gasteiger partial charge in [0.05, 0.1) is 12.1 Å². The third kappa shape index (κ3) is 4.58. The molecule has 0 aliphatic rings. The van der Waals surface area contributed by atoms with Crippen LogP contribution in [0.15, 0.2) is 67.3 Å². The number of rotatable bonds is 6. The summed E-state index contributed by atoms with van der Waals surface area (Å²) >= 11 is 0. The second-order valence-corrected chi connectivity index (χ2v) is 6.07. The van der Waals surface area contributed by atoms with Crippen molar-refractivity contribution in [3.63, 3.8) is 0 Å². The number of para-hydroxylation sites is 1. The molecule has 7 heteroatoms. The maximum atomic E-state index is 12.5. The lowest BCUT2D eigenvalue weighted by Crippen LogP contribution is -2.37. The van der Waals surface area contributed by atoms with E-state index in [9.17, 15) is 9.59 Å². The number of anilines is 1. The number of amides is 1. The Hall–Kier alpha value is -3.48. The normalized spacial score (nSPS) is 11.6. The van der Waals surface area contributed by atoms with Crippen LogP contribution in [0.1, 0.15) is 22.8 Å². The van der Waals surface area contributed by atoms with Crippen LogP contribution >= 0.6 is 0 Å². The van der Waals surface area contributed by atoms with Gasteiger partial charge in [-0.05, 0) is 36.8 Å². The number of ether oxygens (including phenoxy) is 1. The van der Waals surface area contributed by atoms with Gasteiger partial charge in [-0.3, -0.25) is 4.79 Å². The summed E-state index contributed by atoms with van der Waals surface area (Å²) in [5.41, 5.74) is 2.10. The monoisotopic (exact) mass is 364 g/mol. The van der Waals surface area contributed by atoms with Gasteiger partial charge in [0.2, 0.25) is 0 Å². The van der Waals surface area contributed by atoms with Crippen molar-refractivity contribution in [3.05, 3.63) is 78.4 Å². The van der Waals surface area contributed by atoms with Crippen LogP contribution < -0.4 is 4.90 Å². The Labute approximate surface area is 157 Å². The number of aromatic nitrogens is 3. The van der Waals surface area contributed by atoms with E-state index in [0.717, 1.165) is 11.3 Å². The van der Waals surface area contributed by atoms with Gasteiger partial charge in [-0.2, -0.15) is 5.10 Å². The fraction of sp³-hybridized carbons (Fsp3) is 0.200. The van der Waals surface area contributed by atoms with Gasteiger partial charge in [-0.25, -0.2) is 14.5 Å². The zero-order chi connectivity index (χ0) is 19.2. The Morgan fingerprint density at radius 3 is 2.44 bits per heavy atom. The van der Waals surface area contributed by atoms with Crippen LogP contribution in [0.25, 0.3) is 0 Å². The van der Waals surface area contributed by atoms with Crippen molar-refractivity contribution in [2.75, 3.05) is 11.9 Å². The van der Waals surface area contributed by atoms with Gasteiger partial charge < -0.3 is 9.64 Å². The van der Waals surface area contributed by atoms with Gasteiger partial charge in [0.1, 0.15) is 12.7 Å². The van der Waals surface area contributed by atoms with E-state index in [4.69, 9.17) is 4.74 Å². The van der Waals surface area contributed by atoms with E-state index in [-0.39, 0.29) is 5.91 Å². The molecular formula is C20H20N4O3. The maximum Gasteiger partial charge on any atom is 0.338 e. The second-order valence-electron chi connectivity index (χ2n) is 6.07. The van der Waals surface area contributed by atoms with E-state index >= 15 is 0 Å². The molecule has 138 valence electrons. The lowest BCUT2D eigenvalue weighted by atomic mass is 10.1. The van der Waals surface area contributed by atoms with Crippen LogP contribution in [-0.2, 0) is 16.1 Å². The van der Waals surface area contributed by atoms with Crippen molar-refractivity contribution in [3.8, 4) is 0 Å². The standard InChI is InChI=1S/C20H20N4O3/c1-15(19(25)23(2)18-6-4-3-5-7-18)27-20(26)17-10-8-16(9-11-17)12-24-14-21-13-22-24/h3-11,13-15H,12H2,1-2H3. The quantitative estimate of drug-likeness (QED) is 0.628. The molecule has 3 rings (SSSR count). The predicted molar refractivity (Wildman–Crippen MR) is 100 cm³/mol. The molecule has 3 aromatic rings. The minimum atomic E-state index is -0.891. The molecule has 1 amide bonds. The summed E-state index contributed by atoms with van der Waals surface area (Å²) in [6.45, 7) is 2.13. The highest BCUT2D eigenvalue weighted by Gasteiger charge is 2.23. The molecule has 7 nitrogen and oxygen atoms in total. The third-order valence-electron chi connectivity index (χ3n) is 4.11. The first-order valence-electron chi connectivity index (χ1n) is 8.49. The Balaban J connectivity index is 1.60. The van der Waals surface area contributed by atoms with Gasteiger partial charge in [0.25, 0.3) is 5.91 Å². The minimum Gasteiger partial charge on any atom is -0.449 e. The number of hydrogen-bond acceptors (Lipinski definition) is 5. The van der Waals surface area contributed by atoms with Gasteiger partial charge in [-0.1, -0.05) is 30.3 Å². The van der Waals surface area contributed by atoms with E-state index < -0.39 is 12.1 Å². The second kappa shape index (κ2) is 8.27. The summed E-state index contributed by atoms with van der Waals surface area (Å²) < 4.78 is 7.02. The Bertz CT molecular complexity index is 893. The number of benzene rings is 2. The lowest BCUT2D eigenvalue weighted by Gasteiger charge is -2.21. The number of esters is 1. The van der Waals surface area contributed by atoms with Crippen LogP contribution in [0, 0.1) is 0 Å². The zero-order valence-electron chi connectivity index (χ0n) is 15.1. The molecule has 0 spiro atoms. The Kier molecular flexibility index (Phi) is 5.61. The smallest absolute Gasteiger partial charge is 0.338 e. The van der Waals surface area contributed by atoms with Crippen LogP contribution in [0.2, 0.25) is 0 Å². The van der Waals surface area contributed by atoms with Crippen molar-refractivity contribution in [1.29, 1.82) is 0 Å². The average Bonchev–Trinajstić information content (AvgIpc) is 3.21. The van der Waals surface area contributed by atoms with Gasteiger partial charge in [0, 0.05) is 12.7 Å². The largest absolute Gasteiger partial charge is 0.449 e. The highest BCUT2D eigenvalue weighted by Crippen LogP contribution is 2.14. The van der Waals surface area contributed by atoms with Crippen molar-refractivity contribution in [1.82, 2.24) is 14.8 Å². The maximum absolute atomic E-state index is 12.5. The summed E-state index contributed by atoms with van der Waals surface area (Å²) in [4.78, 5) is 30.2. The van der Waals surface area contributed by atoms with Gasteiger partial charge in [0.15, 0.2) is 6.10 Å². The molecule has 27 heavy (non-hydrogen) atoms. The fourth-order valence-corrected chi connectivity index (χ4v) is 2.58. The molecule has 1 atom stereocenters. The highest BCUT2D eigenvalue weighted by atomic mass is 16.5. The van der Waals surface area contributed by atoms with Crippen LogP contribution in [0.4, 0.5) is 5.69 Å². The fourth-order valence-electron chi connectivity index (χ4n) is 2.58. The first kappa shape index (κ1) is 18.3. The Morgan fingerprint density at radius 1 is 1.11 bits per heavy atom. The SMILES string of the molecule is CC(OC(=O)c1ccc(Cn2cncn2)cc1)C(=O)N(C)c1ccccc1. The first-order valence-corrected chi connectivity index (χ1v) is 8.49. The molecule has 0 radical (unpaired) electrons. The van der Waals surface area contributed by atoms with E-state index in [1.54, 1.807) is 37.1 Å². The van der Waals surface area contributed by atoms with Crippen LogP contribution in [-0.4, -0.2) is 39.8 Å². The summed E-state index contributed by atoms with van der Waals surface area (Å²) in [6, 6.07) is 16.2. The number of hydrogen-bond donors (Lipinski definition) is 0. The molecule has 1 unspecified atom stereocenters. The molecule has 0 fully saturated rings.